The van der Waals surface area contributed by atoms with Crippen LogP contribution in [0, 0.1) is 6.92 Å². The van der Waals surface area contributed by atoms with Crippen LogP contribution in [-0.2, 0) is 19.0 Å². The molecule has 0 amide bonds. The molecule has 0 radical (unpaired) electrons. The Morgan fingerprint density at radius 2 is 2.12 bits per heavy atom. The van der Waals surface area contributed by atoms with Crippen LogP contribution in [0.1, 0.15) is 62.6 Å². The fourth-order valence-corrected chi connectivity index (χ4v) is 3.53. The SMILES string of the molecule is COc1c([C@H]2CCCN2Cc2ncc(C(C)(C)C)o2)c(C)nn1C. The first kappa shape index (κ1) is 17.0. The summed E-state index contributed by atoms with van der Waals surface area (Å²) in [7, 11) is 3.64. The van der Waals surface area contributed by atoms with Crippen LogP contribution in [0.15, 0.2) is 10.6 Å². The fraction of sp³-hybridized carbons (Fsp3) is 0.667. The third-order valence-electron chi connectivity index (χ3n) is 4.74. The highest BCUT2D eigenvalue weighted by Gasteiger charge is 2.33. The van der Waals surface area contributed by atoms with E-state index in [1.165, 1.54) is 5.56 Å². The van der Waals surface area contributed by atoms with Gasteiger partial charge in [0, 0.05) is 18.5 Å². The molecule has 3 rings (SSSR count). The molecule has 6 nitrogen and oxygen atoms in total. The summed E-state index contributed by atoms with van der Waals surface area (Å²) >= 11 is 0. The van der Waals surface area contributed by atoms with Crippen LogP contribution in [0.4, 0.5) is 0 Å². The molecule has 1 aliphatic rings. The maximum absolute atomic E-state index is 5.98. The first-order valence-electron chi connectivity index (χ1n) is 8.58. The highest BCUT2D eigenvalue weighted by molar-refractivity contribution is 5.35. The zero-order valence-electron chi connectivity index (χ0n) is 15.6. The van der Waals surface area contributed by atoms with Crippen LogP contribution in [0.5, 0.6) is 5.88 Å². The number of hydrogen-bond donors (Lipinski definition) is 0. The van der Waals surface area contributed by atoms with Gasteiger partial charge in [-0.1, -0.05) is 20.8 Å². The normalized spacial score (nSPS) is 19.2. The number of ether oxygens (including phenoxy) is 1. The average molecular weight is 332 g/mol. The van der Waals surface area contributed by atoms with Gasteiger partial charge in [-0.15, -0.1) is 0 Å². The Balaban J connectivity index is 1.83. The molecule has 1 aliphatic heterocycles. The molecule has 132 valence electrons. The van der Waals surface area contributed by atoms with Crippen molar-refractivity contribution in [1.82, 2.24) is 19.7 Å². The summed E-state index contributed by atoms with van der Waals surface area (Å²) in [5, 5.41) is 4.53. The third kappa shape index (κ3) is 3.07. The number of aryl methyl sites for hydroxylation is 2. The lowest BCUT2D eigenvalue weighted by molar-refractivity contribution is 0.213. The first-order chi connectivity index (χ1) is 11.3. The quantitative estimate of drug-likeness (QED) is 0.859. The van der Waals surface area contributed by atoms with E-state index in [4.69, 9.17) is 9.15 Å². The lowest BCUT2D eigenvalue weighted by Crippen LogP contribution is -2.23. The zero-order valence-corrected chi connectivity index (χ0v) is 15.6. The molecular formula is C18H28N4O2. The molecule has 2 aromatic rings. The maximum atomic E-state index is 5.98. The van der Waals surface area contributed by atoms with E-state index in [1.54, 1.807) is 7.11 Å². The second kappa shape index (κ2) is 6.24. The smallest absolute Gasteiger partial charge is 0.216 e. The van der Waals surface area contributed by atoms with Gasteiger partial charge in [0.2, 0.25) is 11.8 Å². The van der Waals surface area contributed by atoms with Gasteiger partial charge in [0.05, 0.1) is 31.1 Å². The molecule has 0 saturated carbocycles. The molecule has 3 heterocycles. The molecule has 1 fully saturated rings. The van der Waals surface area contributed by atoms with E-state index in [1.807, 2.05) is 17.9 Å². The van der Waals surface area contributed by atoms with Gasteiger partial charge >= 0.3 is 0 Å². The minimum absolute atomic E-state index is 0.0151. The van der Waals surface area contributed by atoms with E-state index in [-0.39, 0.29) is 5.41 Å². The lowest BCUT2D eigenvalue weighted by atomic mass is 9.94. The topological polar surface area (TPSA) is 56.3 Å². The number of likely N-dealkylation sites (tertiary alicyclic amines) is 1. The number of aromatic nitrogens is 3. The molecule has 0 aliphatic carbocycles. The molecule has 1 atom stereocenters. The van der Waals surface area contributed by atoms with Crippen molar-refractivity contribution in [2.45, 2.75) is 58.5 Å². The second-order valence-electron chi connectivity index (χ2n) is 7.63. The van der Waals surface area contributed by atoms with Crippen LogP contribution < -0.4 is 4.74 Å². The van der Waals surface area contributed by atoms with Crippen molar-refractivity contribution in [1.29, 1.82) is 0 Å². The monoisotopic (exact) mass is 332 g/mol. The molecule has 0 N–H and O–H groups in total. The van der Waals surface area contributed by atoms with Crippen LogP contribution in [0.3, 0.4) is 0 Å². The van der Waals surface area contributed by atoms with Crippen molar-refractivity contribution in [3.63, 3.8) is 0 Å². The van der Waals surface area contributed by atoms with E-state index >= 15 is 0 Å². The Bertz CT molecular complexity index is 711. The average Bonchev–Trinajstić information content (AvgIpc) is 3.18. The molecular weight excluding hydrogens is 304 g/mol. The lowest BCUT2D eigenvalue weighted by Gasteiger charge is -2.23. The highest BCUT2D eigenvalue weighted by Crippen LogP contribution is 2.39. The summed E-state index contributed by atoms with van der Waals surface area (Å²) in [6.45, 7) is 10.2. The summed E-state index contributed by atoms with van der Waals surface area (Å²) in [5.74, 6) is 2.57. The zero-order chi connectivity index (χ0) is 17.5. The van der Waals surface area contributed by atoms with Gasteiger partial charge in [-0.05, 0) is 26.3 Å². The van der Waals surface area contributed by atoms with E-state index < -0.39 is 0 Å². The van der Waals surface area contributed by atoms with Crippen LogP contribution >= 0.6 is 0 Å². The molecule has 0 bridgehead atoms. The standard InChI is InChI=1S/C18H28N4O2/c1-12-16(17(23-6)21(5)20-12)13-8-7-9-22(13)11-15-19-10-14(24-15)18(2,3)4/h10,13H,7-9,11H2,1-6H3/t13-/m1/s1. The number of oxazole rings is 1. The summed E-state index contributed by atoms with van der Waals surface area (Å²) in [6, 6.07) is 0.304. The Morgan fingerprint density at radius 1 is 1.38 bits per heavy atom. The van der Waals surface area contributed by atoms with Crippen LogP contribution in [-0.4, -0.2) is 33.3 Å². The Morgan fingerprint density at radius 3 is 2.75 bits per heavy atom. The first-order valence-corrected chi connectivity index (χ1v) is 8.58. The highest BCUT2D eigenvalue weighted by atomic mass is 16.5. The van der Waals surface area contributed by atoms with Gasteiger partial charge < -0.3 is 9.15 Å². The molecule has 0 unspecified atom stereocenters. The Labute approximate surface area is 143 Å². The third-order valence-corrected chi connectivity index (χ3v) is 4.74. The Hall–Kier alpha value is -1.82. The predicted octanol–water partition coefficient (Wildman–Crippen LogP) is 3.36. The van der Waals surface area contributed by atoms with Crippen molar-refractivity contribution in [3.05, 3.63) is 29.1 Å². The van der Waals surface area contributed by atoms with Gasteiger partial charge in [0.25, 0.3) is 0 Å². The number of methoxy groups -OCH3 is 1. The molecule has 0 aromatic carbocycles. The van der Waals surface area contributed by atoms with E-state index in [0.717, 1.165) is 49.2 Å². The van der Waals surface area contributed by atoms with Crippen LogP contribution in [0.2, 0.25) is 0 Å². The van der Waals surface area contributed by atoms with Crippen molar-refractivity contribution in [3.8, 4) is 5.88 Å². The summed E-state index contributed by atoms with van der Waals surface area (Å²) in [5.41, 5.74) is 2.22. The molecule has 1 saturated heterocycles. The van der Waals surface area contributed by atoms with Gasteiger partial charge in [0.1, 0.15) is 5.76 Å². The number of hydrogen-bond acceptors (Lipinski definition) is 5. The summed E-state index contributed by atoms with van der Waals surface area (Å²) < 4.78 is 13.4. The minimum atomic E-state index is -0.0151. The van der Waals surface area contributed by atoms with Gasteiger partial charge in [-0.3, -0.25) is 4.90 Å². The molecule has 24 heavy (non-hydrogen) atoms. The van der Waals surface area contributed by atoms with Crippen LogP contribution in [0.25, 0.3) is 0 Å². The number of nitrogens with zero attached hydrogens (tertiary/aromatic N) is 4. The predicted molar refractivity (Wildman–Crippen MR) is 92.1 cm³/mol. The number of rotatable bonds is 4. The van der Waals surface area contributed by atoms with E-state index in [2.05, 4.69) is 42.7 Å². The molecule has 2 aromatic heterocycles. The van der Waals surface area contributed by atoms with Crippen molar-refractivity contribution >= 4 is 0 Å². The van der Waals surface area contributed by atoms with E-state index in [0.29, 0.717) is 6.04 Å². The van der Waals surface area contributed by atoms with Crippen molar-refractivity contribution in [2.24, 2.45) is 7.05 Å². The molecule has 6 heteroatoms. The van der Waals surface area contributed by atoms with Gasteiger partial charge in [-0.2, -0.15) is 5.10 Å². The van der Waals surface area contributed by atoms with Gasteiger partial charge in [-0.25, -0.2) is 9.67 Å². The summed E-state index contributed by atoms with van der Waals surface area (Å²) in [6.07, 6.45) is 4.13. The Kier molecular flexibility index (Phi) is 4.42. The minimum Gasteiger partial charge on any atom is -0.481 e. The van der Waals surface area contributed by atoms with Gasteiger partial charge in [0.15, 0.2) is 0 Å². The second-order valence-corrected chi connectivity index (χ2v) is 7.63. The maximum Gasteiger partial charge on any atom is 0.216 e. The van der Waals surface area contributed by atoms with Crippen molar-refractivity contribution in [2.75, 3.05) is 13.7 Å². The van der Waals surface area contributed by atoms with Crippen molar-refractivity contribution < 1.29 is 9.15 Å². The fourth-order valence-electron chi connectivity index (χ4n) is 3.53. The van der Waals surface area contributed by atoms with E-state index in [9.17, 15) is 0 Å². The largest absolute Gasteiger partial charge is 0.481 e. The summed E-state index contributed by atoms with van der Waals surface area (Å²) in [4.78, 5) is 6.91. The molecule has 0 spiro atoms.